The van der Waals surface area contributed by atoms with E-state index in [4.69, 9.17) is 0 Å². The van der Waals surface area contributed by atoms with Gasteiger partial charge in [0.25, 0.3) is 0 Å². The molecule has 2 heterocycles. The predicted octanol–water partition coefficient (Wildman–Crippen LogP) is 0.796. The normalized spacial score (nSPS) is 23.4. The van der Waals surface area contributed by atoms with Gasteiger partial charge in [-0.25, -0.2) is 8.42 Å². The lowest BCUT2D eigenvalue weighted by Crippen LogP contribution is -2.57. The average molecular weight is 365 g/mol. The van der Waals surface area contributed by atoms with Crippen molar-refractivity contribution < 1.29 is 13.2 Å². The Morgan fingerprint density at radius 2 is 1.96 bits per heavy atom. The fraction of sp³-hybridized carbons (Fsp3) is 0.611. The van der Waals surface area contributed by atoms with Gasteiger partial charge in [0.1, 0.15) is 0 Å². The number of piperidine rings is 1. The summed E-state index contributed by atoms with van der Waals surface area (Å²) in [6, 6.07) is 10.2. The molecule has 0 aromatic heterocycles. The number of carbonyl (C=O) groups is 1. The first kappa shape index (κ1) is 18.2. The molecule has 0 bridgehead atoms. The van der Waals surface area contributed by atoms with Crippen LogP contribution in [-0.2, 0) is 14.6 Å². The van der Waals surface area contributed by atoms with Crippen molar-refractivity contribution >= 4 is 21.4 Å². The summed E-state index contributed by atoms with van der Waals surface area (Å²) in [6.07, 6.45) is 2.88. The molecule has 1 unspecified atom stereocenters. The summed E-state index contributed by atoms with van der Waals surface area (Å²) in [5.41, 5.74) is 1.20. The largest absolute Gasteiger partial charge is 0.371 e. The lowest BCUT2D eigenvalue weighted by Gasteiger charge is -2.34. The van der Waals surface area contributed by atoms with Crippen molar-refractivity contribution in [1.82, 2.24) is 10.6 Å². The maximum absolute atomic E-state index is 12.7. The first-order chi connectivity index (χ1) is 11.9. The highest BCUT2D eigenvalue weighted by Crippen LogP contribution is 2.28. The van der Waals surface area contributed by atoms with Crippen LogP contribution in [0.25, 0.3) is 0 Å². The first-order valence-electron chi connectivity index (χ1n) is 8.91. The van der Waals surface area contributed by atoms with Crippen LogP contribution in [0.3, 0.4) is 0 Å². The number of nitrogens with one attached hydrogen (secondary N) is 2. The molecule has 1 aromatic rings. The van der Waals surface area contributed by atoms with Crippen molar-refractivity contribution in [2.75, 3.05) is 43.9 Å². The van der Waals surface area contributed by atoms with Gasteiger partial charge < -0.3 is 15.5 Å². The molecule has 0 saturated carbocycles. The van der Waals surface area contributed by atoms with E-state index >= 15 is 0 Å². The molecule has 6 nitrogen and oxygen atoms in total. The second kappa shape index (κ2) is 7.33. The van der Waals surface area contributed by atoms with Gasteiger partial charge in [-0.1, -0.05) is 18.2 Å². The molecule has 0 spiro atoms. The minimum absolute atomic E-state index is 0.324. The Morgan fingerprint density at radius 3 is 2.60 bits per heavy atom. The number of carbonyl (C=O) groups excluding carboxylic acids is 1. The molecule has 2 aliphatic rings. The van der Waals surface area contributed by atoms with Crippen LogP contribution in [0, 0.1) is 5.92 Å². The Balaban J connectivity index is 1.59. The summed E-state index contributed by atoms with van der Waals surface area (Å²) in [6.45, 7) is 3.51. The third-order valence-corrected chi connectivity index (χ3v) is 7.51. The number of hydrogen-bond acceptors (Lipinski definition) is 5. The number of sulfone groups is 1. The summed E-state index contributed by atoms with van der Waals surface area (Å²) >= 11 is 0. The molecule has 2 fully saturated rings. The third kappa shape index (κ3) is 3.82. The summed E-state index contributed by atoms with van der Waals surface area (Å²) in [7, 11) is -3.45. The van der Waals surface area contributed by atoms with Gasteiger partial charge in [-0.15, -0.1) is 0 Å². The predicted molar refractivity (Wildman–Crippen MR) is 99.5 cm³/mol. The van der Waals surface area contributed by atoms with Crippen molar-refractivity contribution in [2.24, 2.45) is 5.92 Å². The second-order valence-electron chi connectivity index (χ2n) is 7.16. The number of para-hydroxylation sites is 1. The first-order valence-corrected chi connectivity index (χ1v) is 10.8. The van der Waals surface area contributed by atoms with Crippen molar-refractivity contribution in [1.29, 1.82) is 0 Å². The van der Waals surface area contributed by atoms with Crippen LogP contribution in [0.2, 0.25) is 0 Å². The van der Waals surface area contributed by atoms with Crippen LogP contribution < -0.4 is 15.5 Å². The Bertz CT molecular complexity index is 700. The van der Waals surface area contributed by atoms with Crippen LogP contribution in [0.4, 0.5) is 5.69 Å². The monoisotopic (exact) mass is 365 g/mol. The van der Waals surface area contributed by atoms with Gasteiger partial charge in [0, 0.05) is 31.6 Å². The number of hydrogen-bond donors (Lipinski definition) is 2. The van der Waals surface area contributed by atoms with Crippen molar-refractivity contribution in [3.05, 3.63) is 30.3 Å². The molecule has 3 rings (SSSR count). The lowest BCUT2D eigenvalue weighted by atomic mass is 9.95. The topological polar surface area (TPSA) is 78.5 Å². The highest BCUT2D eigenvalue weighted by molar-refractivity contribution is 7.92. The fourth-order valence-electron chi connectivity index (χ4n) is 3.87. The minimum Gasteiger partial charge on any atom is -0.371 e. The highest BCUT2D eigenvalue weighted by Gasteiger charge is 2.48. The maximum Gasteiger partial charge on any atom is 0.241 e. The molecule has 2 saturated heterocycles. The van der Waals surface area contributed by atoms with Gasteiger partial charge in [-0.2, -0.15) is 0 Å². The van der Waals surface area contributed by atoms with Crippen LogP contribution in [0.1, 0.15) is 19.3 Å². The zero-order valence-electron chi connectivity index (χ0n) is 14.7. The molecule has 1 aromatic carbocycles. The van der Waals surface area contributed by atoms with Crippen LogP contribution in [-0.4, -0.2) is 58.1 Å². The minimum atomic E-state index is -3.45. The Labute approximate surface area is 149 Å². The van der Waals surface area contributed by atoms with E-state index in [1.807, 2.05) is 18.2 Å². The SMILES string of the molecule is CS(=O)(=O)C1(C(=O)NCC2CCN(c3ccccc3)C2)CCNCC1. The van der Waals surface area contributed by atoms with E-state index in [0.717, 1.165) is 19.5 Å². The van der Waals surface area contributed by atoms with Gasteiger partial charge in [-0.05, 0) is 50.4 Å². The van der Waals surface area contributed by atoms with Crippen molar-refractivity contribution in [3.63, 3.8) is 0 Å². The third-order valence-electron chi connectivity index (χ3n) is 5.49. The van der Waals surface area contributed by atoms with Crippen LogP contribution in [0.15, 0.2) is 30.3 Å². The van der Waals surface area contributed by atoms with Gasteiger partial charge in [0.15, 0.2) is 14.6 Å². The summed E-state index contributed by atoms with van der Waals surface area (Å²) in [5.74, 6) is 0.0251. The molecule has 2 N–H and O–H groups in total. The van der Waals surface area contributed by atoms with E-state index in [1.165, 1.54) is 11.9 Å². The number of amides is 1. The smallest absolute Gasteiger partial charge is 0.241 e. The number of nitrogens with zero attached hydrogens (tertiary/aromatic N) is 1. The average Bonchev–Trinajstić information content (AvgIpc) is 3.09. The highest BCUT2D eigenvalue weighted by atomic mass is 32.2. The van der Waals surface area contributed by atoms with Crippen molar-refractivity contribution in [2.45, 2.75) is 24.0 Å². The standard InChI is InChI=1S/C18H27N3O3S/c1-25(23,24)18(8-10-19-11-9-18)17(22)20-13-15-7-12-21(14-15)16-5-3-2-4-6-16/h2-6,15,19H,7-14H2,1H3,(H,20,22). The fourth-order valence-corrected chi connectivity index (χ4v) is 5.22. The van der Waals surface area contributed by atoms with E-state index in [1.54, 1.807) is 0 Å². The molecule has 0 radical (unpaired) electrons. The van der Waals surface area contributed by atoms with Gasteiger partial charge in [-0.3, -0.25) is 4.79 Å². The number of benzene rings is 1. The Hall–Kier alpha value is -1.60. The Morgan fingerprint density at radius 1 is 1.28 bits per heavy atom. The molecule has 1 atom stereocenters. The van der Waals surface area contributed by atoms with E-state index in [-0.39, 0.29) is 5.91 Å². The molecule has 7 heteroatoms. The zero-order chi connectivity index (χ0) is 17.9. The lowest BCUT2D eigenvalue weighted by molar-refractivity contribution is -0.124. The quantitative estimate of drug-likeness (QED) is 0.807. The van der Waals surface area contributed by atoms with E-state index < -0.39 is 14.6 Å². The molecular weight excluding hydrogens is 338 g/mol. The molecular formula is C18H27N3O3S. The summed E-state index contributed by atoms with van der Waals surface area (Å²) < 4.78 is 23.3. The van der Waals surface area contributed by atoms with E-state index in [2.05, 4.69) is 27.7 Å². The molecule has 1 amide bonds. The van der Waals surface area contributed by atoms with Crippen molar-refractivity contribution in [3.8, 4) is 0 Å². The summed E-state index contributed by atoms with van der Waals surface area (Å²) in [4.78, 5) is 15.1. The molecule has 2 aliphatic heterocycles. The van der Waals surface area contributed by atoms with Crippen LogP contribution >= 0.6 is 0 Å². The van der Waals surface area contributed by atoms with E-state index in [0.29, 0.717) is 38.4 Å². The number of anilines is 1. The molecule has 25 heavy (non-hydrogen) atoms. The second-order valence-corrected chi connectivity index (χ2v) is 9.49. The van der Waals surface area contributed by atoms with Gasteiger partial charge in [0.05, 0.1) is 0 Å². The van der Waals surface area contributed by atoms with Gasteiger partial charge in [0.2, 0.25) is 5.91 Å². The summed E-state index contributed by atoms with van der Waals surface area (Å²) in [5, 5.41) is 6.08. The van der Waals surface area contributed by atoms with Gasteiger partial charge >= 0.3 is 0 Å². The number of rotatable bonds is 5. The molecule has 0 aliphatic carbocycles. The zero-order valence-corrected chi connectivity index (χ0v) is 15.5. The maximum atomic E-state index is 12.7. The van der Waals surface area contributed by atoms with E-state index in [9.17, 15) is 13.2 Å². The van der Waals surface area contributed by atoms with Crippen LogP contribution in [0.5, 0.6) is 0 Å². The Kier molecular flexibility index (Phi) is 5.34. The molecule has 138 valence electrons.